The van der Waals surface area contributed by atoms with Crippen LogP contribution in [0.5, 0.6) is 0 Å². The highest BCUT2D eigenvalue weighted by Gasteiger charge is 2.37. The first kappa shape index (κ1) is 25.7. The average molecular weight is 500 g/mol. The van der Waals surface area contributed by atoms with Gasteiger partial charge in [0.25, 0.3) is 11.2 Å². The predicted molar refractivity (Wildman–Crippen MR) is 113 cm³/mol. The van der Waals surface area contributed by atoms with Crippen LogP contribution in [-0.4, -0.2) is 14.1 Å². The lowest BCUT2D eigenvalue weighted by Crippen LogP contribution is -2.44. The fourth-order valence-corrected chi connectivity index (χ4v) is 3.61. The molecule has 0 amide bonds. The van der Waals surface area contributed by atoms with Crippen molar-refractivity contribution >= 4 is 11.4 Å². The largest absolute Gasteiger partial charge is 0.431 e. The molecule has 0 spiro atoms. The molecule has 3 aromatic rings. The summed E-state index contributed by atoms with van der Waals surface area (Å²) in [6.45, 7) is 2.48. The van der Waals surface area contributed by atoms with Gasteiger partial charge in [0.2, 0.25) is 5.62 Å². The highest BCUT2D eigenvalue weighted by molar-refractivity contribution is 5.59. The van der Waals surface area contributed by atoms with E-state index in [1.165, 1.54) is 0 Å². The van der Waals surface area contributed by atoms with Crippen LogP contribution in [-0.2, 0) is 25.9 Å². The molecule has 0 saturated carbocycles. The molecule has 0 atom stereocenters. The molecule has 3 rings (SSSR count). The third kappa shape index (κ3) is 5.12. The van der Waals surface area contributed by atoms with E-state index in [1.54, 1.807) is 31.2 Å². The number of benzene rings is 2. The SMILES string of the molecule is Cc1ccccc1Cn1c(=O)c(C)c(C(F)(F)F)n(C)c1=Nc1ccc(C(F)(F)F)cc1[N+](=O)[O-]. The maximum atomic E-state index is 13.8. The van der Waals surface area contributed by atoms with Gasteiger partial charge in [-0.1, -0.05) is 24.3 Å². The molecular weight excluding hydrogens is 482 g/mol. The molecule has 0 radical (unpaired) electrons. The van der Waals surface area contributed by atoms with Crippen molar-refractivity contribution in [2.45, 2.75) is 32.7 Å². The number of nitrogens with zero attached hydrogens (tertiary/aromatic N) is 4. The number of halogens is 6. The minimum atomic E-state index is -4.98. The molecule has 0 saturated heterocycles. The van der Waals surface area contributed by atoms with E-state index in [9.17, 15) is 41.3 Å². The first-order valence-corrected chi connectivity index (χ1v) is 9.95. The molecule has 2 aromatic carbocycles. The first-order chi connectivity index (χ1) is 16.1. The minimum absolute atomic E-state index is 0.231. The van der Waals surface area contributed by atoms with Gasteiger partial charge in [0.05, 0.1) is 17.0 Å². The van der Waals surface area contributed by atoms with Crippen molar-refractivity contribution in [3.8, 4) is 0 Å². The van der Waals surface area contributed by atoms with E-state index in [4.69, 9.17) is 0 Å². The van der Waals surface area contributed by atoms with Crippen LogP contribution in [0.25, 0.3) is 0 Å². The van der Waals surface area contributed by atoms with E-state index in [0.29, 0.717) is 27.8 Å². The maximum absolute atomic E-state index is 13.8. The summed E-state index contributed by atoms with van der Waals surface area (Å²) in [5.41, 5.74) is -5.42. The van der Waals surface area contributed by atoms with Gasteiger partial charge < -0.3 is 4.57 Å². The minimum Gasteiger partial charge on any atom is -0.310 e. The molecule has 0 N–H and O–H groups in total. The van der Waals surface area contributed by atoms with Gasteiger partial charge in [-0.05, 0) is 37.1 Å². The Hall–Kier alpha value is -3.90. The van der Waals surface area contributed by atoms with Crippen molar-refractivity contribution in [3.63, 3.8) is 0 Å². The highest BCUT2D eigenvalue weighted by Crippen LogP contribution is 2.36. The summed E-state index contributed by atoms with van der Waals surface area (Å²) in [5.74, 6) is 0. The van der Waals surface area contributed by atoms with Crippen LogP contribution in [0.15, 0.2) is 52.3 Å². The molecule has 0 bridgehead atoms. The topological polar surface area (TPSA) is 82.4 Å². The Bertz CT molecular complexity index is 1440. The molecule has 7 nitrogen and oxygen atoms in total. The summed E-state index contributed by atoms with van der Waals surface area (Å²) in [6, 6.07) is 8.17. The molecule has 0 aliphatic carbocycles. The summed E-state index contributed by atoms with van der Waals surface area (Å²) < 4.78 is 81.9. The Balaban J connectivity index is 2.43. The molecule has 0 aliphatic heterocycles. The number of aryl methyl sites for hydroxylation is 1. The molecule has 0 unspecified atom stereocenters. The molecule has 13 heteroatoms. The quantitative estimate of drug-likeness (QED) is 0.286. The second kappa shape index (κ2) is 9.04. The monoisotopic (exact) mass is 500 g/mol. The Labute approximate surface area is 193 Å². The van der Waals surface area contributed by atoms with Gasteiger partial charge >= 0.3 is 12.4 Å². The highest BCUT2D eigenvalue weighted by atomic mass is 19.4. The molecule has 0 fully saturated rings. The smallest absolute Gasteiger partial charge is 0.310 e. The van der Waals surface area contributed by atoms with Gasteiger partial charge in [-0.15, -0.1) is 0 Å². The Morgan fingerprint density at radius 2 is 1.63 bits per heavy atom. The summed E-state index contributed by atoms with van der Waals surface area (Å²) in [4.78, 5) is 27.3. The molecule has 1 heterocycles. The second-order valence-corrected chi connectivity index (χ2v) is 7.72. The number of hydrogen-bond donors (Lipinski definition) is 0. The van der Waals surface area contributed by atoms with Crippen LogP contribution in [0, 0.1) is 24.0 Å². The second-order valence-electron chi connectivity index (χ2n) is 7.72. The summed E-state index contributed by atoms with van der Waals surface area (Å²) in [6.07, 6.45) is -9.87. The maximum Gasteiger partial charge on any atom is 0.431 e. The van der Waals surface area contributed by atoms with Crippen molar-refractivity contribution in [2.75, 3.05) is 0 Å². The number of rotatable bonds is 4. The Morgan fingerprint density at radius 3 is 2.17 bits per heavy atom. The third-order valence-corrected chi connectivity index (χ3v) is 5.38. The zero-order chi connectivity index (χ0) is 26.3. The van der Waals surface area contributed by atoms with Gasteiger partial charge in [-0.2, -0.15) is 26.3 Å². The fraction of sp³-hybridized carbons (Fsp3) is 0.273. The fourth-order valence-electron chi connectivity index (χ4n) is 3.61. The molecule has 1 aromatic heterocycles. The lowest BCUT2D eigenvalue weighted by molar-refractivity contribution is -0.384. The normalized spacial score (nSPS) is 12.8. The third-order valence-electron chi connectivity index (χ3n) is 5.38. The van der Waals surface area contributed by atoms with E-state index >= 15 is 0 Å². The van der Waals surface area contributed by atoms with Crippen LogP contribution in [0.3, 0.4) is 0 Å². The van der Waals surface area contributed by atoms with E-state index in [2.05, 4.69) is 4.99 Å². The molecule has 186 valence electrons. The predicted octanol–water partition coefficient (Wildman–Crippen LogP) is 5.03. The van der Waals surface area contributed by atoms with E-state index in [-0.39, 0.29) is 12.6 Å². The van der Waals surface area contributed by atoms with Crippen molar-refractivity contribution in [1.82, 2.24) is 9.13 Å². The van der Waals surface area contributed by atoms with Gasteiger partial charge in [0.1, 0.15) is 11.4 Å². The van der Waals surface area contributed by atoms with Crippen molar-refractivity contribution in [3.05, 3.63) is 96.5 Å². The van der Waals surface area contributed by atoms with E-state index < -0.39 is 56.6 Å². The standard InChI is InChI=1S/C22H18F6N4O3/c1-12-6-4-5-7-14(12)11-31-19(33)13(2)18(22(26,27)28)30(3)20(31)29-16-9-8-15(21(23,24)25)10-17(16)32(34)35/h4-10H,11H2,1-3H3. The zero-order valence-electron chi connectivity index (χ0n) is 18.5. The molecule has 0 aliphatic rings. The molecular formula is C22H18F6N4O3. The number of hydrogen-bond acceptors (Lipinski definition) is 4. The number of aromatic nitrogens is 2. The van der Waals surface area contributed by atoms with Crippen molar-refractivity contribution in [1.29, 1.82) is 0 Å². The van der Waals surface area contributed by atoms with Crippen molar-refractivity contribution in [2.24, 2.45) is 12.0 Å². The number of nitro groups is 1. The lowest BCUT2D eigenvalue weighted by atomic mass is 10.1. The number of alkyl halides is 6. The van der Waals surface area contributed by atoms with Gasteiger partial charge in [0.15, 0.2) is 0 Å². The van der Waals surface area contributed by atoms with Crippen LogP contribution in [0.2, 0.25) is 0 Å². The van der Waals surface area contributed by atoms with Gasteiger partial charge in [-0.25, -0.2) is 4.99 Å². The van der Waals surface area contributed by atoms with E-state index in [1.807, 2.05) is 0 Å². The number of nitro benzene ring substituents is 1. The summed E-state index contributed by atoms with van der Waals surface area (Å²) in [5, 5.41) is 11.5. The molecule has 35 heavy (non-hydrogen) atoms. The van der Waals surface area contributed by atoms with E-state index in [0.717, 1.165) is 18.5 Å². The summed E-state index contributed by atoms with van der Waals surface area (Å²) in [7, 11) is 0.971. The average Bonchev–Trinajstić information content (AvgIpc) is 2.74. The van der Waals surface area contributed by atoms with Crippen LogP contribution in [0.4, 0.5) is 37.7 Å². The zero-order valence-corrected chi connectivity index (χ0v) is 18.5. The van der Waals surface area contributed by atoms with Crippen LogP contribution < -0.4 is 11.2 Å². The lowest BCUT2D eigenvalue weighted by Gasteiger charge is -2.19. The Morgan fingerprint density at radius 1 is 1.00 bits per heavy atom. The van der Waals surface area contributed by atoms with Crippen LogP contribution >= 0.6 is 0 Å². The first-order valence-electron chi connectivity index (χ1n) is 9.95. The van der Waals surface area contributed by atoms with Crippen molar-refractivity contribution < 1.29 is 31.3 Å². The Kier molecular flexibility index (Phi) is 6.64. The summed E-state index contributed by atoms with van der Waals surface area (Å²) >= 11 is 0. The van der Waals surface area contributed by atoms with Crippen LogP contribution in [0.1, 0.15) is 27.9 Å². The van der Waals surface area contributed by atoms with Gasteiger partial charge in [-0.3, -0.25) is 19.5 Å². The van der Waals surface area contributed by atoms with Gasteiger partial charge in [0, 0.05) is 18.7 Å².